The number of nitrogens with one attached hydrogen (secondary N) is 1. The zero-order valence-electron chi connectivity index (χ0n) is 16.6. The van der Waals surface area contributed by atoms with Gasteiger partial charge in [-0.3, -0.25) is 0 Å². The van der Waals surface area contributed by atoms with Crippen LogP contribution in [0.1, 0.15) is 22.3 Å². The predicted molar refractivity (Wildman–Crippen MR) is 110 cm³/mol. The summed E-state index contributed by atoms with van der Waals surface area (Å²) in [6.45, 7) is 9.76. The normalized spacial score (nSPS) is 14.5. The summed E-state index contributed by atoms with van der Waals surface area (Å²) >= 11 is 0. The molecule has 3 heterocycles. The number of benzene rings is 1. The van der Waals surface area contributed by atoms with Crippen LogP contribution in [0.15, 0.2) is 36.7 Å². The lowest BCUT2D eigenvalue weighted by atomic mass is 10.00. The Morgan fingerprint density at radius 3 is 2.50 bits per heavy atom. The van der Waals surface area contributed by atoms with Crippen molar-refractivity contribution < 1.29 is 4.79 Å². The van der Waals surface area contributed by atoms with Gasteiger partial charge in [-0.25, -0.2) is 14.3 Å². The summed E-state index contributed by atoms with van der Waals surface area (Å²) in [6.07, 6.45) is 3.59. The number of hydrogen-bond donors (Lipinski definition) is 1. The molecule has 0 radical (unpaired) electrons. The summed E-state index contributed by atoms with van der Waals surface area (Å²) in [7, 11) is 0. The molecule has 0 saturated carbocycles. The lowest BCUT2D eigenvalue weighted by Crippen LogP contribution is -2.52. The summed E-state index contributed by atoms with van der Waals surface area (Å²) in [5, 5.41) is 7.68. The summed E-state index contributed by atoms with van der Waals surface area (Å²) < 4.78 is 1.78. The predicted octanol–water partition coefficient (Wildman–Crippen LogP) is 2.69. The van der Waals surface area contributed by atoms with Gasteiger partial charge >= 0.3 is 6.03 Å². The number of anilines is 1. The van der Waals surface area contributed by atoms with Gasteiger partial charge in [-0.1, -0.05) is 17.7 Å². The van der Waals surface area contributed by atoms with Crippen LogP contribution in [0, 0.1) is 20.8 Å². The zero-order chi connectivity index (χ0) is 19.7. The highest BCUT2D eigenvalue weighted by atomic mass is 16.2. The van der Waals surface area contributed by atoms with Gasteiger partial charge < -0.3 is 15.1 Å². The number of carbonyl (C=O) groups is 1. The lowest BCUT2D eigenvalue weighted by Gasteiger charge is -2.35. The molecule has 146 valence electrons. The average Bonchev–Trinajstić information content (AvgIpc) is 3.15. The molecule has 1 aliphatic rings. The molecule has 2 aromatic heterocycles. The molecule has 2 amide bonds. The number of imidazole rings is 1. The van der Waals surface area contributed by atoms with Gasteiger partial charge in [0.2, 0.25) is 0 Å². The standard InChI is InChI=1S/C21H26N6O/c1-15-12-16(2)18(17(3)13-15)14-23-21(28)26-10-8-25(9-11-26)20-5-4-19-22-6-7-27(19)24-20/h4-7,12-13H,8-11,14H2,1-3H3,(H,23,28). The van der Waals surface area contributed by atoms with Crippen molar-refractivity contribution >= 4 is 17.5 Å². The van der Waals surface area contributed by atoms with E-state index >= 15 is 0 Å². The highest BCUT2D eigenvalue weighted by Gasteiger charge is 2.22. The van der Waals surface area contributed by atoms with Gasteiger partial charge in [0.25, 0.3) is 0 Å². The van der Waals surface area contributed by atoms with E-state index in [0.29, 0.717) is 19.6 Å². The fraction of sp³-hybridized carbons (Fsp3) is 0.381. The van der Waals surface area contributed by atoms with Gasteiger partial charge in [0.15, 0.2) is 5.65 Å². The molecule has 0 spiro atoms. The molecule has 28 heavy (non-hydrogen) atoms. The van der Waals surface area contributed by atoms with Crippen LogP contribution in [0.5, 0.6) is 0 Å². The number of nitrogens with zero attached hydrogens (tertiary/aromatic N) is 5. The first-order valence-corrected chi connectivity index (χ1v) is 9.66. The maximum absolute atomic E-state index is 12.6. The molecule has 0 bridgehead atoms. The Kier molecular flexibility index (Phi) is 4.90. The minimum absolute atomic E-state index is 0.00274. The summed E-state index contributed by atoms with van der Waals surface area (Å²) in [4.78, 5) is 20.9. The molecule has 7 nitrogen and oxygen atoms in total. The number of amides is 2. The quantitative estimate of drug-likeness (QED) is 0.761. The summed E-state index contributed by atoms with van der Waals surface area (Å²) in [5.41, 5.74) is 5.75. The number of aromatic nitrogens is 3. The molecule has 4 rings (SSSR count). The van der Waals surface area contributed by atoms with Crippen molar-refractivity contribution in [2.45, 2.75) is 27.3 Å². The highest BCUT2D eigenvalue weighted by molar-refractivity contribution is 5.74. The van der Waals surface area contributed by atoms with E-state index in [2.05, 4.69) is 53.2 Å². The van der Waals surface area contributed by atoms with Crippen LogP contribution in [0.4, 0.5) is 10.6 Å². The smallest absolute Gasteiger partial charge is 0.317 e. The number of hydrogen-bond acceptors (Lipinski definition) is 4. The monoisotopic (exact) mass is 378 g/mol. The number of carbonyl (C=O) groups excluding carboxylic acids is 1. The van der Waals surface area contributed by atoms with Crippen molar-refractivity contribution in [2.24, 2.45) is 0 Å². The van der Waals surface area contributed by atoms with E-state index in [9.17, 15) is 4.79 Å². The zero-order valence-corrected chi connectivity index (χ0v) is 16.6. The molecule has 0 aliphatic carbocycles. The van der Waals surface area contributed by atoms with Crippen molar-refractivity contribution in [1.82, 2.24) is 24.8 Å². The minimum Gasteiger partial charge on any atom is -0.352 e. The third kappa shape index (κ3) is 3.65. The van der Waals surface area contributed by atoms with Crippen LogP contribution in [-0.4, -0.2) is 51.7 Å². The van der Waals surface area contributed by atoms with E-state index in [-0.39, 0.29) is 6.03 Å². The van der Waals surface area contributed by atoms with Crippen molar-refractivity contribution in [3.05, 3.63) is 58.9 Å². The maximum atomic E-state index is 12.6. The SMILES string of the molecule is Cc1cc(C)c(CNC(=O)N2CCN(c3ccc4nccn4n3)CC2)c(C)c1. The van der Waals surface area contributed by atoms with E-state index in [4.69, 9.17) is 0 Å². The maximum Gasteiger partial charge on any atom is 0.317 e. The molecular weight excluding hydrogens is 352 g/mol. The fourth-order valence-corrected chi connectivity index (χ4v) is 3.88. The van der Waals surface area contributed by atoms with Gasteiger partial charge in [-0.05, 0) is 49.6 Å². The van der Waals surface area contributed by atoms with E-state index in [1.54, 1.807) is 10.7 Å². The van der Waals surface area contributed by atoms with Gasteiger partial charge in [0.05, 0.1) is 0 Å². The van der Waals surface area contributed by atoms with Crippen LogP contribution in [0.25, 0.3) is 5.65 Å². The molecule has 1 fully saturated rings. The topological polar surface area (TPSA) is 65.8 Å². The Morgan fingerprint density at radius 1 is 1.07 bits per heavy atom. The third-order valence-corrected chi connectivity index (χ3v) is 5.39. The number of fused-ring (bicyclic) bond motifs is 1. The second kappa shape index (κ2) is 7.50. The van der Waals surface area contributed by atoms with E-state index in [1.165, 1.54) is 22.3 Å². The van der Waals surface area contributed by atoms with Crippen LogP contribution in [0.2, 0.25) is 0 Å². The molecule has 1 aromatic carbocycles. The number of aryl methyl sites for hydroxylation is 3. The van der Waals surface area contributed by atoms with Crippen LogP contribution < -0.4 is 10.2 Å². The number of piperazine rings is 1. The molecular formula is C21H26N6O. The Morgan fingerprint density at radius 2 is 1.79 bits per heavy atom. The van der Waals surface area contributed by atoms with Gasteiger partial charge in [-0.2, -0.15) is 0 Å². The average molecular weight is 378 g/mol. The third-order valence-electron chi connectivity index (χ3n) is 5.39. The fourth-order valence-electron chi connectivity index (χ4n) is 3.88. The van der Waals surface area contributed by atoms with E-state index in [0.717, 1.165) is 24.6 Å². The number of urea groups is 1. The van der Waals surface area contributed by atoms with Crippen LogP contribution in [0.3, 0.4) is 0 Å². The van der Waals surface area contributed by atoms with Crippen molar-refractivity contribution in [1.29, 1.82) is 0 Å². The second-order valence-electron chi connectivity index (χ2n) is 7.43. The van der Waals surface area contributed by atoms with Gasteiger partial charge in [0, 0.05) is 45.1 Å². The van der Waals surface area contributed by atoms with Gasteiger partial charge in [0.1, 0.15) is 5.82 Å². The Bertz CT molecular complexity index is 980. The first-order chi connectivity index (χ1) is 13.5. The molecule has 1 saturated heterocycles. The first kappa shape index (κ1) is 18.3. The summed E-state index contributed by atoms with van der Waals surface area (Å²) in [6, 6.07) is 8.28. The van der Waals surface area contributed by atoms with Crippen LogP contribution in [-0.2, 0) is 6.54 Å². The number of rotatable bonds is 3. The van der Waals surface area contributed by atoms with Crippen molar-refractivity contribution in [3.63, 3.8) is 0 Å². The molecule has 1 aliphatic heterocycles. The van der Waals surface area contributed by atoms with Gasteiger partial charge in [-0.15, -0.1) is 5.10 Å². The minimum atomic E-state index is -0.00274. The Hall–Kier alpha value is -3.09. The molecule has 0 unspecified atom stereocenters. The molecule has 7 heteroatoms. The Labute approximate surface area is 165 Å². The first-order valence-electron chi connectivity index (χ1n) is 9.66. The largest absolute Gasteiger partial charge is 0.352 e. The van der Waals surface area contributed by atoms with E-state index < -0.39 is 0 Å². The molecule has 3 aromatic rings. The highest BCUT2D eigenvalue weighted by Crippen LogP contribution is 2.17. The molecule has 0 atom stereocenters. The van der Waals surface area contributed by atoms with Crippen molar-refractivity contribution in [3.8, 4) is 0 Å². The summed E-state index contributed by atoms with van der Waals surface area (Å²) in [5.74, 6) is 0.913. The molecule has 1 N–H and O–H groups in total. The van der Waals surface area contributed by atoms with Crippen molar-refractivity contribution in [2.75, 3.05) is 31.1 Å². The van der Waals surface area contributed by atoms with E-state index in [1.807, 2.05) is 23.2 Å². The Balaban J connectivity index is 1.34. The lowest BCUT2D eigenvalue weighted by molar-refractivity contribution is 0.193. The second-order valence-corrected chi connectivity index (χ2v) is 7.43. The van der Waals surface area contributed by atoms with Crippen LogP contribution >= 0.6 is 0 Å².